The predicted molar refractivity (Wildman–Crippen MR) is 278 cm³/mol. The molecule has 0 aromatic carbocycles. The maximum atomic E-state index is 13.2. The van der Waals surface area contributed by atoms with Crippen molar-refractivity contribution >= 4 is 11.9 Å². The lowest BCUT2D eigenvalue weighted by Gasteiger charge is -2.24. The van der Waals surface area contributed by atoms with E-state index in [1.807, 2.05) is 0 Å². The summed E-state index contributed by atoms with van der Waals surface area (Å²) < 4.78 is 5.92. The molecule has 0 aliphatic heterocycles. The van der Waals surface area contributed by atoms with Gasteiger partial charge in [0.2, 0.25) is 5.91 Å². The first-order chi connectivity index (χ1) is 31.5. The Morgan fingerprint density at radius 3 is 1.34 bits per heavy atom. The van der Waals surface area contributed by atoms with E-state index in [0.717, 1.165) is 83.5 Å². The number of nitrogens with one attached hydrogen (secondary N) is 1. The van der Waals surface area contributed by atoms with Crippen molar-refractivity contribution in [3.8, 4) is 0 Å². The molecule has 370 valence electrons. The van der Waals surface area contributed by atoms with Crippen molar-refractivity contribution in [3.05, 3.63) is 72.9 Å². The van der Waals surface area contributed by atoms with Gasteiger partial charge in [0.05, 0.1) is 25.2 Å². The largest absolute Gasteiger partial charge is 0.462 e. The third-order valence-corrected chi connectivity index (χ3v) is 12.0. The molecule has 0 fully saturated rings. The molecule has 0 aromatic heterocycles. The van der Waals surface area contributed by atoms with Gasteiger partial charge in [0.1, 0.15) is 6.10 Å². The molecule has 6 nitrogen and oxygen atoms in total. The smallest absolute Gasteiger partial charge is 0.306 e. The van der Waals surface area contributed by atoms with Crippen LogP contribution in [0.15, 0.2) is 72.9 Å². The van der Waals surface area contributed by atoms with Crippen LogP contribution in [0.2, 0.25) is 0 Å². The minimum absolute atomic E-state index is 0.0351. The number of rotatable bonds is 48. The normalized spacial score (nSPS) is 13.8. The van der Waals surface area contributed by atoms with Crippen molar-refractivity contribution < 1.29 is 24.5 Å². The molecular formula is C58H103NO5. The molecule has 3 unspecified atom stereocenters. The molecule has 6 heteroatoms. The van der Waals surface area contributed by atoms with E-state index in [4.69, 9.17) is 4.74 Å². The molecule has 1 amide bonds. The van der Waals surface area contributed by atoms with Gasteiger partial charge in [0, 0.05) is 6.42 Å². The highest BCUT2D eigenvalue weighted by molar-refractivity contribution is 5.77. The summed E-state index contributed by atoms with van der Waals surface area (Å²) in [4.78, 5) is 26.2. The number of esters is 1. The van der Waals surface area contributed by atoms with Crippen molar-refractivity contribution in [2.75, 3.05) is 6.61 Å². The Morgan fingerprint density at radius 2 is 0.859 bits per heavy atom. The number of ether oxygens (including phenoxy) is 1. The highest BCUT2D eigenvalue weighted by Gasteiger charge is 2.24. The van der Waals surface area contributed by atoms with Crippen LogP contribution in [-0.2, 0) is 14.3 Å². The van der Waals surface area contributed by atoms with Crippen molar-refractivity contribution in [1.29, 1.82) is 0 Å². The number of hydrogen-bond acceptors (Lipinski definition) is 5. The van der Waals surface area contributed by atoms with Crippen molar-refractivity contribution in [2.45, 2.75) is 277 Å². The average molecular weight is 894 g/mol. The number of hydrogen-bond donors (Lipinski definition) is 3. The lowest BCUT2D eigenvalue weighted by molar-refractivity contribution is -0.151. The molecule has 64 heavy (non-hydrogen) atoms. The molecular weight excluding hydrogens is 791 g/mol. The molecule has 0 heterocycles. The van der Waals surface area contributed by atoms with Crippen LogP contribution in [-0.4, -0.2) is 46.9 Å². The average Bonchev–Trinajstić information content (AvgIpc) is 3.29. The fourth-order valence-electron chi connectivity index (χ4n) is 7.93. The van der Waals surface area contributed by atoms with Gasteiger partial charge in [0.15, 0.2) is 0 Å². The molecule has 0 bridgehead atoms. The Hall–Kier alpha value is -2.70. The zero-order valence-electron chi connectivity index (χ0n) is 42.1. The van der Waals surface area contributed by atoms with Crippen molar-refractivity contribution in [2.24, 2.45) is 0 Å². The van der Waals surface area contributed by atoms with E-state index in [2.05, 4.69) is 99.0 Å². The monoisotopic (exact) mass is 894 g/mol. The summed E-state index contributed by atoms with van der Waals surface area (Å²) in [5.74, 6) is -0.533. The van der Waals surface area contributed by atoms with Crippen LogP contribution in [0.25, 0.3) is 0 Å². The summed E-state index contributed by atoms with van der Waals surface area (Å²) in [6.07, 6.45) is 65.3. The Kier molecular flexibility index (Phi) is 49.1. The second-order valence-corrected chi connectivity index (χ2v) is 18.2. The third-order valence-electron chi connectivity index (χ3n) is 12.0. The number of carbonyl (C=O) groups is 2. The van der Waals surface area contributed by atoms with E-state index < -0.39 is 18.2 Å². The van der Waals surface area contributed by atoms with Crippen LogP contribution in [0.5, 0.6) is 0 Å². The van der Waals surface area contributed by atoms with Gasteiger partial charge in [0.25, 0.3) is 0 Å². The van der Waals surface area contributed by atoms with Crippen LogP contribution < -0.4 is 5.32 Å². The van der Waals surface area contributed by atoms with E-state index >= 15 is 0 Å². The molecule has 0 radical (unpaired) electrons. The summed E-state index contributed by atoms with van der Waals surface area (Å²) >= 11 is 0. The topological polar surface area (TPSA) is 95.9 Å². The molecule has 0 aliphatic carbocycles. The fraction of sp³-hybridized carbons (Fsp3) is 0.759. The predicted octanol–water partition coefficient (Wildman–Crippen LogP) is 16.6. The van der Waals surface area contributed by atoms with Crippen LogP contribution in [0.3, 0.4) is 0 Å². The Balaban J connectivity index is 4.70. The Labute approximate surface area is 396 Å². The summed E-state index contributed by atoms with van der Waals surface area (Å²) in [6.45, 7) is 6.35. The van der Waals surface area contributed by atoms with E-state index in [1.54, 1.807) is 0 Å². The number of unbranched alkanes of at least 4 members (excludes halogenated alkanes) is 24. The van der Waals surface area contributed by atoms with E-state index in [-0.39, 0.29) is 24.9 Å². The van der Waals surface area contributed by atoms with Gasteiger partial charge in [-0.15, -0.1) is 0 Å². The van der Waals surface area contributed by atoms with Crippen LogP contribution in [0.1, 0.15) is 258 Å². The third kappa shape index (κ3) is 45.9. The van der Waals surface area contributed by atoms with Crippen LogP contribution in [0, 0.1) is 0 Å². The fourth-order valence-corrected chi connectivity index (χ4v) is 7.93. The van der Waals surface area contributed by atoms with Gasteiger partial charge in [-0.2, -0.15) is 0 Å². The number of aliphatic hydroxyl groups is 2. The zero-order valence-corrected chi connectivity index (χ0v) is 42.1. The number of carbonyl (C=O) groups excluding carboxylic acids is 2. The summed E-state index contributed by atoms with van der Waals surface area (Å²) in [5, 5.41) is 23.8. The van der Waals surface area contributed by atoms with Gasteiger partial charge in [-0.25, -0.2) is 0 Å². The molecule has 0 rings (SSSR count). The maximum Gasteiger partial charge on any atom is 0.306 e. The lowest BCUT2D eigenvalue weighted by Crippen LogP contribution is -2.46. The number of allylic oxidation sites excluding steroid dienone is 12. The first kappa shape index (κ1) is 61.3. The number of aliphatic hydroxyl groups excluding tert-OH is 2. The van der Waals surface area contributed by atoms with Crippen LogP contribution in [0.4, 0.5) is 0 Å². The molecule has 0 aromatic rings. The van der Waals surface area contributed by atoms with Crippen molar-refractivity contribution in [1.82, 2.24) is 5.32 Å². The standard InChI is InChI=1S/C58H103NO5/c1-4-7-10-13-16-19-22-25-27-28-30-32-34-37-40-43-46-49-54(64-58(63)51-48-45-42-39-36-33-29-26-23-20-17-14-11-8-5-2)52-57(62)59-55(53-60)56(61)50-47-44-41-38-35-31-24-21-18-15-12-9-6-3/h7,10,16,19-20,23,25,27,30,32,37,40,54-56,60-61H,4-6,8-9,11-15,17-18,21-22,24,26,28-29,31,33-36,38-39,41-53H2,1-3H3,(H,59,62)/b10-7-,19-16-,23-20-,27-25-,32-30-,40-37-. The van der Waals surface area contributed by atoms with Gasteiger partial charge in [-0.3, -0.25) is 9.59 Å². The SMILES string of the molecule is CC/C=C\C/C=C\C/C=C\C/C=C\C/C=C\CCCC(CC(=O)NC(CO)C(O)CCCCCCCCCCCCCCC)OC(=O)CCCCCCCCC/C=C\CCCCCC. The van der Waals surface area contributed by atoms with E-state index in [1.165, 1.54) is 128 Å². The quantitative estimate of drug-likeness (QED) is 0.0321. The van der Waals surface area contributed by atoms with Gasteiger partial charge in [-0.05, 0) is 89.9 Å². The maximum absolute atomic E-state index is 13.2. The second kappa shape index (κ2) is 51.3. The summed E-state index contributed by atoms with van der Waals surface area (Å²) in [5.41, 5.74) is 0. The Morgan fingerprint density at radius 1 is 0.469 bits per heavy atom. The van der Waals surface area contributed by atoms with Crippen LogP contribution >= 0.6 is 0 Å². The minimum atomic E-state index is -0.806. The van der Waals surface area contributed by atoms with E-state index in [9.17, 15) is 19.8 Å². The van der Waals surface area contributed by atoms with E-state index in [0.29, 0.717) is 19.3 Å². The second-order valence-electron chi connectivity index (χ2n) is 18.2. The first-order valence-electron chi connectivity index (χ1n) is 27.2. The molecule has 0 saturated carbocycles. The van der Waals surface area contributed by atoms with Gasteiger partial charge < -0.3 is 20.3 Å². The molecule has 3 atom stereocenters. The zero-order chi connectivity index (χ0) is 46.7. The summed E-state index contributed by atoms with van der Waals surface area (Å²) in [7, 11) is 0. The highest BCUT2D eigenvalue weighted by atomic mass is 16.5. The molecule has 0 saturated heterocycles. The van der Waals surface area contributed by atoms with Gasteiger partial charge in [-0.1, -0.05) is 229 Å². The number of amides is 1. The molecule has 0 aliphatic rings. The lowest BCUT2D eigenvalue weighted by atomic mass is 10.0. The Bertz CT molecular complexity index is 1190. The minimum Gasteiger partial charge on any atom is -0.462 e. The summed E-state index contributed by atoms with van der Waals surface area (Å²) in [6, 6.07) is -0.723. The van der Waals surface area contributed by atoms with Gasteiger partial charge >= 0.3 is 5.97 Å². The first-order valence-corrected chi connectivity index (χ1v) is 27.2. The highest BCUT2D eigenvalue weighted by Crippen LogP contribution is 2.17. The van der Waals surface area contributed by atoms with Crippen molar-refractivity contribution in [3.63, 3.8) is 0 Å². The molecule has 3 N–H and O–H groups in total. The molecule has 0 spiro atoms.